The summed E-state index contributed by atoms with van der Waals surface area (Å²) in [7, 11) is 0. The highest BCUT2D eigenvalue weighted by atomic mass is 79.9. The third kappa shape index (κ3) is 4.80. The van der Waals surface area contributed by atoms with E-state index in [0.29, 0.717) is 0 Å². The van der Waals surface area contributed by atoms with E-state index in [9.17, 15) is 10.1 Å². The van der Waals surface area contributed by atoms with E-state index in [2.05, 4.69) is 15.9 Å². The molecule has 0 radical (unpaired) electrons. The Morgan fingerprint density at radius 3 is 2.07 bits per heavy atom. The highest BCUT2D eigenvalue weighted by Crippen LogP contribution is 2.20. The van der Waals surface area contributed by atoms with E-state index in [1.54, 1.807) is 0 Å². The van der Waals surface area contributed by atoms with Gasteiger partial charge in [0.2, 0.25) is 0 Å². The Labute approximate surface area is 86.5 Å². The first kappa shape index (κ1) is 18.6. The molecule has 0 bridgehead atoms. The normalized spacial score (nSPS) is 7.57. The molecule has 1 aromatic rings. The summed E-state index contributed by atoms with van der Waals surface area (Å²) in [4.78, 5) is 9.89. The smallest absolute Gasteiger partial charge is 0.269 e. The summed E-state index contributed by atoms with van der Waals surface area (Å²) in [6, 6.07) is 4.84. The van der Waals surface area contributed by atoms with Crippen LogP contribution < -0.4 is 0 Å². The molecule has 0 heterocycles. The van der Waals surface area contributed by atoms with E-state index < -0.39 is 4.92 Å². The van der Waals surface area contributed by atoms with Gasteiger partial charge in [-0.2, -0.15) is 0 Å². The van der Waals surface area contributed by atoms with Crippen molar-refractivity contribution in [2.75, 3.05) is 0 Å². The average molecular weight is 276 g/mol. The van der Waals surface area contributed by atoms with Crippen LogP contribution in [0.15, 0.2) is 22.7 Å². The lowest BCUT2D eigenvalue weighted by Gasteiger charge is -1.94. The first-order chi connectivity index (χ1) is 5.09. The molecular weight excluding hydrogens is 267 g/mol. The number of hydrogen-bond acceptors (Lipinski definition) is 2. The van der Waals surface area contributed by atoms with Crippen LogP contribution in [-0.2, 0) is 0 Å². The van der Waals surface area contributed by atoms with Gasteiger partial charge in [-0.15, -0.1) is 0 Å². The molecule has 0 aromatic heterocycles. The molecular formula is C7H9BrF3NO2. The third-order valence-corrected chi connectivity index (χ3v) is 1.70. The van der Waals surface area contributed by atoms with Crippen LogP contribution in [0.25, 0.3) is 0 Å². The van der Waals surface area contributed by atoms with Gasteiger partial charge in [0.25, 0.3) is 5.69 Å². The van der Waals surface area contributed by atoms with Crippen LogP contribution in [0.3, 0.4) is 0 Å². The lowest BCUT2D eigenvalue weighted by molar-refractivity contribution is -0.385. The molecule has 0 saturated heterocycles. The van der Waals surface area contributed by atoms with E-state index in [-0.39, 0.29) is 19.8 Å². The number of nitrogens with zero attached hydrogens (tertiary/aromatic N) is 1. The van der Waals surface area contributed by atoms with Gasteiger partial charge in [-0.05, 0) is 18.6 Å². The molecule has 7 heteroatoms. The van der Waals surface area contributed by atoms with E-state index in [1.807, 2.05) is 13.0 Å². The monoisotopic (exact) mass is 275 g/mol. The van der Waals surface area contributed by atoms with Crippen LogP contribution in [-0.4, -0.2) is 4.92 Å². The molecule has 0 amide bonds. The summed E-state index contributed by atoms with van der Waals surface area (Å²) in [5.74, 6) is 0. The molecule has 1 aromatic carbocycles. The van der Waals surface area contributed by atoms with Gasteiger partial charge in [-0.3, -0.25) is 24.2 Å². The zero-order chi connectivity index (χ0) is 8.43. The SMILES string of the molecule is Cc1cc(Br)cc([N+](=O)[O-])c1.F.F.F. The summed E-state index contributed by atoms with van der Waals surface area (Å²) in [5.41, 5.74) is 1.00. The largest absolute Gasteiger partial charge is 0.270 e. The average Bonchev–Trinajstić information content (AvgIpc) is 1.85. The number of hydrogen-bond donors (Lipinski definition) is 0. The second kappa shape index (κ2) is 7.31. The van der Waals surface area contributed by atoms with Gasteiger partial charge in [0.15, 0.2) is 0 Å². The Balaban J connectivity index is -0.000000403. The summed E-state index contributed by atoms with van der Waals surface area (Å²) < 4.78 is 0.740. The molecule has 0 aliphatic heterocycles. The van der Waals surface area contributed by atoms with Gasteiger partial charge >= 0.3 is 0 Å². The number of nitro benzene ring substituents is 1. The number of rotatable bonds is 1. The fourth-order valence-electron chi connectivity index (χ4n) is 0.822. The number of aryl methyl sites for hydroxylation is 1. The van der Waals surface area contributed by atoms with Crippen molar-refractivity contribution >= 4 is 21.6 Å². The predicted molar refractivity (Wildman–Crippen MR) is 53.0 cm³/mol. The van der Waals surface area contributed by atoms with Crippen LogP contribution in [0.5, 0.6) is 0 Å². The maximum absolute atomic E-state index is 10.3. The molecule has 0 aliphatic carbocycles. The van der Waals surface area contributed by atoms with Crippen LogP contribution in [0.2, 0.25) is 0 Å². The molecule has 0 spiro atoms. The molecule has 0 N–H and O–H groups in total. The van der Waals surface area contributed by atoms with E-state index >= 15 is 0 Å². The minimum Gasteiger partial charge on any atom is -0.269 e. The fraction of sp³-hybridized carbons (Fsp3) is 0.143. The lowest BCUT2D eigenvalue weighted by Crippen LogP contribution is -1.87. The molecule has 3 nitrogen and oxygen atoms in total. The highest BCUT2D eigenvalue weighted by molar-refractivity contribution is 9.10. The maximum atomic E-state index is 10.3. The molecule has 82 valence electrons. The predicted octanol–water partition coefficient (Wildman–Crippen LogP) is 3.12. The zero-order valence-corrected chi connectivity index (χ0v) is 8.68. The van der Waals surface area contributed by atoms with Crippen LogP contribution in [0, 0.1) is 17.0 Å². The second-order valence-corrected chi connectivity index (χ2v) is 3.16. The number of benzene rings is 1. The first-order valence-corrected chi connectivity index (χ1v) is 3.80. The summed E-state index contributed by atoms with van der Waals surface area (Å²) in [6.07, 6.45) is 0. The van der Waals surface area contributed by atoms with Gasteiger partial charge in [0, 0.05) is 16.6 Å². The Bertz CT molecular complexity index is 289. The second-order valence-electron chi connectivity index (χ2n) is 2.24. The number of nitro groups is 1. The van der Waals surface area contributed by atoms with Crippen molar-refractivity contribution in [3.63, 3.8) is 0 Å². The van der Waals surface area contributed by atoms with Crippen molar-refractivity contribution in [1.29, 1.82) is 0 Å². The van der Waals surface area contributed by atoms with Crippen molar-refractivity contribution in [2.45, 2.75) is 6.92 Å². The maximum Gasteiger partial charge on any atom is 0.270 e. The van der Waals surface area contributed by atoms with E-state index in [1.165, 1.54) is 12.1 Å². The Hall–Kier alpha value is -1.11. The Morgan fingerprint density at radius 2 is 1.71 bits per heavy atom. The van der Waals surface area contributed by atoms with E-state index in [4.69, 9.17) is 0 Å². The lowest BCUT2D eigenvalue weighted by atomic mass is 10.2. The van der Waals surface area contributed by atoms with E-state index in [0.717, 1.165) is 10.0 Å². The number of non-ortho nitro benzene ring substituents is 1. The van der Waals surface area contributed by atoms with Crippen molar-refractivity contribution in [1.82, 2.24) is 0 Å². The van der Waals surface area contributed by atoms with Crippen molar-refractivity contribution in [3.8, 4) is 0 Å². The first-order valence-electron chi connectivity index (χ1n) is 3.01. The third-order valence-electron chi connectivity index (χ3n) is 1.24. The van der Waals surface area contributed by atoms with Gasteiger partial charge in [0.05, 0.1) is 4.92 Å². The standard InChI is InChI=1S/C7H6BrNO2.3FH/c1-5-2-6(8)4-7(3-5)9(10)11;;;/h2-4H,1H3;3*1H. The fourth-order valence-corrected chi connectivity index (χ4v) is 1.42. The minimum absolute atomic E-state index is 0. The molecule has 0 unspecified atom stereocenters. The Kier molecular flexibility index (Phi) is 9.73. The summed E-state index contributed by atoms with van der Waals surface area (Å²) >= 11 is 3.18. The van der Waals surface area contributed by atoms with Gasteiger partial charge in [0.1, 0.15) is 0 Å². The van der Waals surface area contributed by atoms with Crippen molar-refractivity contribution < 1.29 is 19.0 Å². The van der Waals surface area contributed by atoms with Crippen molar-refractivity contribution in [3.05, 3.63) is 38.3 Å². The Morgan fingerprint density at radius 1 is 1.21 bits per heavy atom. The molecule has 0 aliphatic rings. The summed E-state index contributed by atoms with van der Waals surface area (Å²) in [6.45, 7) is 1.82. The molecule has 14 heavy (non-hydrogen) atoms. The van der Waals surface area contributed by atoms with Crippen LogP contribution in [0.1, 0.15) is 5.56 Å². The minimum atomic E-state index is -0.405. The van der Waals surface area contributed by atoms with Gasteiger partial charge in [-0.1, -0.05) is 15.9 Å². The topological polar surface area (TPSA) is 43.1 Å². The molecule has 0 saturated carbocycles. The summed E-state index contributed by atoms with van der Waals surface area (Å²) in [5, 5.41) is 10.3. The van der Waals surface area contributed by atoms with Crippen LogP contribution in [0.4, 0.5) is 19.8 Å². The van der Waals surface area contributed by atoms with Crippen molar-refractivity contribution in [2.24, 2.45) is 0 Å². The zero-order valence-electron chi connectivity index (χ0n) is 7.10. The highest BCUT2D eigenvalue weighted by Gasteiger charge is 2.05. The molecule has 0 fully saturated rings. The molecule has 0 atom stereocenters. The molecule has 1 rings (SSSR count). The van der Waals surface area contributed by atoms with Gasteiger partial charge in [-0.25, -0.2) is 0 Å². The quantitative estimate of drug-likeness (QED) is 0.584. The number of halogens is 4. The van der Waals surface area contributed by atoms with Crippen LogP contribution >= 0.6 is 15.9 Å². The van der Waals surface area contributed by atoms with Gasteiger partial charge < -0.3 is 0 Å².